The van der Waals surface area contributed by atoms with Crippen molar-refractivity contribution >= 4 is 52.0 Å². The molecular weight excluding hydrogens is 319 g/mol. The van der Waals surface area contributed by atoms with Crippen LogP contribution in [0.1, 0.15) is 9.67 Å². The first-order valence-electron chi connectivity index (χ1n) is 5.63. The van der Waals surface area contributed by atoms with E-state index in [-0.39, 0.29) is 18.4 Å². The molecule has 104 valence electrons. The van der Waals surface area contributed by atoms with Gasteiger partial charge in [-0.3, -0.25) is 9.59 Å². The Hall–Kier alpha value is -1.56. The second-order valence-corrected chi connectivity index (χ2v) is 5.60. The van der Waals surface area contributed by atoms with Crippen LogP contribution < -0.4 is 10.6 Å². The van der Waals surface area contributed by atoms with Crippen LogP contribution in [0.5, 0.6) is 0 Å². The Bertz CT molecular complexity index is 629. The maximum atomic E-state index is 11.7. The highest BCUT2D eigenvalue weighted by Gasteiger charge is 2.09. The van der Waals surface area contributed by atoms with Crippen molar-refractivity contribution in [1.29, 1.82) is 0 Å². The van der Waals surface area contributed by atoms with Crippen LogP contribution in [0.4, 0.5) is 5.69 Å². The van der Waals surface area contributed by atoms with Crippen molar-refractivity contribution in [2.24, 2.45) is 0 Å². The molecule has 2 rings (SSSR count). The van der Waals surface area contributed by atoms with E-state index < -0.39 is 0 Å². The summed E-state index contributed by atoms with van der Waals surface area (Å²) in [4.78, 5) is 23.9. The number of anilines is 1. The summed E-state index contributed by atoms with van der Waals surface area (Å²) in [6, 6.07) is 8.23. The van der Waals surface area contributed by atoms with Gasteiger partial charge in [-0.2, -0.15) is 0 Å². The molecule has 4 nitrogen and oxygen atoms in total. The van der Waals surface area contributed by atoms with Crippen LogP contribution in [0.25, 0.3) is 0 Å². The largest absolute Gasteiger partial charge is 0.342 e. The Kier molecular flexibility index (Phi) is 5.00. The highest BCUT2D eigenvalue weighted by molar-refractivity contribution is 7.12. The van der Waals surface area contributed by atoms with E-state index in [9.17, 15) is 9.59 Å². The van der Waals surface area contributed by atoms with E-state index in [0.29, 0.717) is 20.6 Å². The minimum absolute atomic E-state index is 0.114. The van der Waals surface area contributed by atoms with Crippen molar-refractivity contribution in [3.63, 3.8) is 0 Å². The smallest absolute Gasteiger partial charge is 0.261 e. The second kappa shape index (κ2) is 6.74. The Morgan fingerprint density at radius 3 is 2.60 bits per heavy atom. The summed E-state index contributed by atoms with van der Waals surface area (Å²) in [5.41, 5.74) is 0.523. The van der Waals surface area contributed by atoms with Crippen LogP contribution in [0.2, 0.25) is 10.0 Å². The standard InChI is InChI=1S/C13H10Cl2N2O2S/c14-9-4-3-8(6-10(9)15)17-12(18)7-16-13(19)11-2-1-5-20-11/h1-6H,7H2,(H,16,19)(H,17,18). The third kappa shape index (κ3) is 3.96. The van der Waals surface area contributed by atoms with Crippen molar-refractivity contribution in [2.45, 2.75) is 0 Å². The topological polar surface area (TPSA) is 58.2 Å². The molecule has 2 N–H and O–H groups in total. The van der Waals surface area contributed by atoms with Crippen LogP contribution in [0, 0.1) is 0 Å². The van der Waals surface area contributed by atoms with Gasteiger partial charge < -0.3 is 10.6 Å². The van der Waals surface area contributed by atoms with Crippen LogP contribution in [-0.4, -0.2) is 18.4 Å². The van der Waals surface area contributed by atoms with Gasteiger partial charge in [0.15, 0.2) is 0 Å². The maximum absolute atomic E-state index is 11.7. The van der Waals surface area contributed by atoms with Gasteiger partial charge in [0, 0.05) is 5.69 Å². The number of halogens is 2. The molecule has 0 saturated heterocycles. The molecule has 0 atom stereocenters. The molecule has 7 heteroatoms. The van der Waals surface area contributed by atoms with Crippen molar-refractivity contribution in [2.75, 3.05) is 11.9 Å². The van der Waals surface area contributed by atoms with Crippen LogP contribution in [0.15, 0.2) is 35.7 Å². The number of hydrogen-bond acceptors (Lipinski definition) is 3. The Morgan fingerprint density at radius 2 is 1.95 bits per heavy atom. The zero-order valence-corrected chi connectivity index (χ0v) is 12.5. The van der Waals surface area contributed by atoms with Crippen LogP contribution in [-0.2, 0) is 4.79 Å². The predicted octanol–water partition coefficient (Wildman–Crippen LogP) is 3.42. The molecule has 0 aliphatic carbocycles. The number of rotatable bonds is 4. The van der Waals surface area contributed by atoms with Crippen LogP contribution in [0.3, 0.4) is 0 Å². The fraction of sp³-hybridized carbons (Fsp3) is 0.0769. The number of thiophene rings is 1. The van der Waals surface area contributed by atoms with Gasteiger partial charge in [0.25, 0.3) is 5.91 Å². The van der Waals surface area contributed by atoms with E-state index in [4.69, 9.17) is 23.2 Å². The van der Waals surface area contributed by atoms with Crippen molar-refractivity contribution in [3.8, 4) is 0 Å². The van der Waals surface area contributed by atoms with E-state index in [0.717, 1.165) is 0 Å². The maximum Gasteiger partial charge on any atom is 0.261 e. The van der Waals surface area contributed by atoms with Gasteiger partial charge in [0.2, 0.25) is 5.91 Å². The summed E-state index contributed by atoms with van der Waals surface area (Å²) < 4.78 is 0. The van der Waals surface area contributed by atoms with Crippen molar-refractivity contribution in [3.05, 3.63) is 50.6 Å². The van der Waals surface area contributed by atoms with Gasteiger partial charge in [-0.25, -0.2) is 0 Å². The number of carbonyl (C=O) groups excluding carboxylic acids is 2. The summed E-state index contributed by atoms with van der Waals surface area (Å²) in [5.74, 6) is -0.613. The number of nitrogens with one attached hydrogen (secondary N) is 2. The summed E-state index contributed by atoms with van der Waals surface area (Å²) >= 11 is 12.9. The fourth-order valence-corrected chi connectivity index (χ4v) is 2.37. The van der Waals surface area contributed by atoms with Gasteiger partial charge in [0.05, 0.1) is 21.5 Å². The SMILES string of the molecule is O=C(CNC(=O)c1cccs1)Nc1ccc(Cl)c(Cl)c1. The van der Waals surface area contributed by atoms with Gasteiger partial charge in [-0.15, -0.1) is 11.3 Å². The Balaban J connectivity index is 1.86. The summed E-state index contributed by atoms with van der Waals surface area (Å²) in [6.45, 7) is -0.114. The summed E-state index contributed by atoms with van der Waals surface area (Å²) in [6.07, 6.45) is 0. The lowest BCUT2D eigenvalue weighted by atomic mass is 10.3. The molecule has 0 saturated carbocycles. The van der Waals surface area contributed by atoms with E-state index in [1.165, 1.54) is 11.3 Å². The molecule has 0 aliphatic rings. The minimum Gasteiger partial charge on any atom is -0.342 e. The third-order valence-corrected chi connectivity index (χ3v) is 3.97. The first-order chi connectivity index (χ1) is 9.56. The lowest BCUT2D eigenvalue weighted by Gasteiger charge is -2.07. The molecule has 0 fully saturated rings. The van der Waals surface area contributed by atoms with Gasteiger partial charge in [-0.1, -0.05) is 29.3 Å². The van der Waals surface area contributed by atoms with E-state index in [1.807, 2.05) is 0 Å². The average Bonchev–Trinajstić information content (AvgIpc) is 2.94. The molecule has 1 aromatic carbocycles. The van der Waals surface area contributed by atoms with Crippen molar-refractivity contribution in [1.82, 2.24) is 5.32 Å². The molecule has 0 radical (unpaired) electrons. The summed E-state index contributed by atoms with van der Waals surface area (Å²) in [5, 5.41) is 7.71. The molecule has 0 spiro atoms. The predicted molar refractivity (Wildman–Crippen MR) is 81.7 cm³/mol. The highest BCUT2D eigenvalue weighted by atomic mass is 35.5. The number of carbonyl (C=O) groups is 2. The van der Waals surface area contributed by atoms with E-state index in [1.54, 1.807) is 35.7 Å². The third-order valence-electron chi connectivity index (χ3n) is 2.36. The molecule has 0 bridgehead atoms. The highest BCUT2D eigenvalue weighted by Crippen LogP contribution is 2.24. The lowest BCUT2D eigenvalue weighted by Crippen LogP contribution is -2.32. The molecular formula is C13H10Cl2N2O2S. The quantitative estimate of drug-likeness (QED) is 0.903. The zero-order valence-electron chi connectivity index (χ0n) is 10.2. The van der Waals surface area contributed by atoms with E-state index in [2.05, 4.69) is 10.6 Å². The molecule has 2 aromatic rings. The molecule has 20 heavy (non-hydrogen) atoms. The van der Waals surface area contributed by atoms with Gasteiger partial charge in [-0.05, 0) is 29.6 Å². The molecule has 0 aliphatic heterocycles. The van der Waals surface area contributed by atoms with Crippen molar-refractivity contribution < 1.29 is 9.59 Å². The minimum atomic E-state index is -0.340. The first-order valence-corrected chi connectivity index (χ1v) is 7.26. The molecule has 0 unspecified atom stereocenters. The Morgan fingerprint density at radius 1 is 1.15 bits per heavy atom. The monoisotopic (exact) mass is 328 g/mol. The fourth-order valence-electron chi connectivity index (χ4n) is 1.43. The first kappa shape index (κ1) is 14.8. The lowest BCUT2D eigenvalue weighted by molar-refractivity contribution is -0.115. The number of hydrogen-bond donors (Lipinski definition) is 2. The summed E-state index contributed by atoms with van der Waals surface area (Å²) in [7, 11) is 0. The van der Waals surface area contributed by atoms with Gasteiger partial charge in [0.1, 0.15) is 0 Å². The van der Waals surface area contributed by atoms with Crippen LogP contribution >= 0.6 is 34.5 Å². The molecule has 2 amide bonds. The zero-order chi connectivity index (χ0) is 14.5. The number of benzene rings is 1. The van der Waals surface area contributed by atoms with Gasteiger partial charge >= 0.3 is 0 Å². The Labute approximate surface area is 129 Å². The average molecular weight is 329 g/mol. The molecule has 1 aromatic heterocycles. The van der Waals surface area contributed by atoms with E-state index >= 15 is 0 Å². The molecule has 1 heterocycles. The normalized spacial score (nSPS) is 10.1. The second-order valence-electron chi connectivity index (χ2n) is 3.84. The number of amides is 2.